The van der Waals surface area contributed by atoms with Gasteiger partial charge in [0.2, 0.25) is 0 Å². The van der Waals surface area contributed by atoms with Gasteiger partial charge in [-0.15, -0.1) is 10.3 Å². The van der Waals surface area contributed by atoms with Crippen LogP contribution in [0.25, 0.3) is 0 Å². The Bertz CT molecular complexity index is 652. The molecule has 27 heavy (non-hydrogen) atoms. The topological polar surface area (TPSA) is 102 Å². The molecule has 7 nitrogen and oxygen atoms in total. The van der Waals surface area contributed by atoms with Gasteiger partial charge in [-0.3, -0.25) is 0 Å². The van der Waals surface area contributed by atoms with Gasteiger partial charge in [-0.25, -0.2) is 0 Å². The molecule has 4 N–H and O–H groups in total. The molecule has 0 amide bonds. The maximum absolute atomic E-state index is 8.80. The van der Waals surface area contributed by atoms with Gasteiger partial charge in [0.15, 0.2) is 0 Å². The van der Waals surface area contributed by atoms with Crippen molar-refractivity contribution in [2.24, 2.45) is 21.2 Å². The summed E-state index contributed by atoms with van der Waals surface area (Å²) >= 11 is 4.63. The highest BCUT2D eigenvalue weighted by Gasteiger charge is 2.21. The van der Waals surface area contributed by atoms with Crippen LogP contribution in [0, 0.1) is 5.92 Å². The fourth-order valence-electron chi connectivity index (χ4n) is 2.50. The number of benzene rings is 1. The van der Waals surface area contributed by atoms with E-state index in [0.717, 1.165) is 12.1 Å². The molecule has 0 heterocycles. The molecule has 0 unspecified atom stereocenters. The molecule has 0 atom stereocenters. The van der Waals surface area contributed by atoms with E-state index in [2.05, 4.69) is 43.3 Å². The van der Waals surface area contributed by atoms with Crippen LogP contribution in [-0.2, 0) is 6.42 Å². The highest BCUT2D eigenvalue weighted by molar-refractivity contribution is 7.78. The summed E-state index contributed by atoms with van der Waals surface area (Å²) in [5.41, 5.74) is 1.11. The first kappa shape index (κ1) is 22.9. The second-order valence-electron chi connectivity index (χ2n) is 7.63. The van der Waals surface area contributed by atoms with Crippen LogP contribution in [-0.4, -0.2) is 52.2 Å². The Kier molecular flexibility index (Phi) is 9.25. The maximum atomic E-state index is 8.80. The average molecular weight is 392 g/mol. The van der Waals surface area contributed by atoms with Crippen molar-refractivity contribution in [3.05, 3.63) is 29.8 Å². The van der Waals surface area contributed by atoms with Gasteiger partial charge in [-0.2, -0.15) is 4.99 Å². The summed E-state index contributed by atoms with van der Waals surface area (Å²) in [5, 5.41) is 33.0. The van der Waals surface area contributed by atoms with E-state index >= 15 is 0 Å². The van der Waals surface area contributed by atoms with Crippen molar-refractivity contribution in [2.45, 2.75) is 45.2 Å². The number of hydrogen-bond acceptors (Lipinski definition) is 8. The lowest BCUT2D eigenvalue weighted by molar-refractivity contribution is 0.309. The molecule has 0 fully saturated rings. The van der Waals surface area contributed by atoms with Gasteiger partial charge in [0.1, 0.15) is 0 Å². The van der Waals surface area contributed by atoms with Crippen LogP contribution in [0.3, 0.4) is 0 Å². The molecule has 148 valence electrons. The SMILES string of the molecule is CC(C)(/C=N\O)NCC(CNC(C)(C)/C=N\O)Cc1ccc(N=C=S)cc1. The molecule has 0 saturated heterocycles. The number of thiocarbonyl (C=S) groups is 1. The summed E-state index contributed by atoms with van der Waals surface area (Å²) in [6, 6.07) is 7.88. The predicted octanol–water partition coefficient (Wildman–Crippen LogP) is 3.24. The van der Waals surface area contributed by atoms with Crippen LogP contribution in [0.2, 0.25) is 0 Å². The van der Waals surface area contributed by atoms with Gasteiger partial charge in [0, 0.05) is 13.1 Å². The van der Waals surface area contributed by atoms with Gasteiger partial charge in [0.05, 0.1) is 34.4 Å². The smallest absolute Gasteiger partial charge is 0.0739 e. The van der Waals surface area contributed by atoms with Gasteiger partial charge in [0.25, 0.3) is 0 Å². The minimum Gasteiger partial charge on any atom is -0.411 e. The third-order valence-corrected chi connectivity index (χ3v) is 4.18. The van der Waals surface area contributed by atoms with E-state index in [4.69, 9.17) is 10.4 Å². The summed E-state index contributed by atoms with van der Waals surface area (Å²) in [5.74, 6) is 0.252. The Morgan fingerprint density at radius 2 is 1.48 bits per heavy atom. The molecular formula is C19H29N5O2S. The highest BCUT2D eigenvalue weighted by atomic mass is 32.1. The van der Waals surface area contributed by atoms with Crippen LogP contribution < -0.4 is 10.6 Å². The van der Waals surface area contributed by atoms with Crippen LogP contribution in [0.15, 0.2) is 39.6 Å². The first-order chi connectivity index (χ1) is 12.7. The van der Waals surface area contributed by atoms with Crippen LogP contribution in [0.5, 0.6) is 0 Å². The van der Waals surface area contributed by atoms with Crippen LogP contribution >= 0.6 is 12.2 Å². The fraction of sp³-hybridized carbons (Fsp3) is 0.526. The largest absolute Gasteiger partial charge is 0.411 e. The summed E-state index contributed by atoms with van der Waals surface area (Å²) in [6.07, 6.45) is 3.77. The predicted molar refractivity (Wildman–Crippen MR) is 113 cm³/mol. The first-order valence-electron chi connectivity index (χ1n) is 8.75. The minimum atomic E-state index is -0.424. The van der Waals surface area contributed by atoms with Crippen molar-refractivity contribution in [1.29, 1.82) is 0 Å². The molecule has 1 rings (SSSR count). The lowest BCUT2D eigenvalue weighted by Gasteiger charge is -2.28. The summed E-state index contributed by atoms with van der Waals surface area (Å²) in [4.78, 5) is 3.97. The minimum absolute atomic E-state index is 0.252. The maximum Gasteiger partial charge on any atom is 0.0739 e. The van der Waals surface area contributed by atoms with Gasteiger partial charge >= 0.3 is 0 Å². The first-order valence-corrected chi connectivity index (χ1v) is 9.16. The van der Waals surface area contributed by atoms with Crippen molar-refractivity contribution in [1.82, 2.24) is 10.6 Å². The Hall–Kier alpha value is -2.12. The van der Waals surface area contributed by atoms with E-state index in [-0.39, 0.29) is 5.92 Å². The Morgan fingerprint density at radius 3 is 1.89 bits per heavy atom. The van der Waals surface area contributed by atoms with Gasteiger partial charge in [-0.1, -0.05) is 12.1 Å². The zero-order chi connectivity index (χ0) is 20.3. The van der Waals surface area contributed by atoms with E-state index in [1.165, 1.54) is 18.0 Å². The molecule has 0 spiro atoms. The van der Waals surface area contributed by atoms with Gasteiger partial charge in [-0.05, 0) is 69.9 Å². The van der Waals surface area contributed by atoms with Crippen molar-refractivity contribution in [2.75, 3.05) is 13.1 Å². The second-order valence-corrected chi connectivity index (χ2v) is 7.82. The zero-order valence-electron chi connectivity index (χ0n) is 16.3. The number of isothiocyanates is 1. The number of nitrogens with one attached hydrogen (secondary N) is 2. The van der Waals surface area contributed by atoms with E-state index in [1.54, 1.807) is 0 Å². The highest BCUT2D eigenvalue weighted by Crippen LogP contribution is 2.16. The molecule has 1 aromatic carbocycles. The molecule has 0 aromatic heterocycles. The van der Waals surface area contributed by atoms with Crippen LogP contribution in [0.1, 0.15) is 33.3 Å². The van der Waals surface area contributed by atoms with E-state index in [1.807, 2.05) is 52.0 Å². The molecule has 1 aromatic rings. The van der Waals surface area contributed by atoms with Crippen molar-refractivity contribution in [3.63, 3.8) is 0 Å². The van der Waals surface area contributed by atoms with E-state index < -0.39 is 11.1 Å². The van der Waals surface area contributed by atoms with Gasteiger partial charge < -0.3 is 21.0 Å². The zero-order valence-corrected chi connectivity index (χ0v) is 17.1. The standard InChI is InChI=1S/C19H29N5O2S/c1-18(2,12-23-25)21-10-16(11-22-19(3,4)13-24-26)9-15-5-7-17(8-6-15)20-14-27/h5-8,12-13,16,21-22,25-26H,9-11H2,1-4H3/b23-12-,24-13-. The third-order valence-electron chi connectivity index (χ3n) is 4.09. The summed E-state index contributed by atoms with van der Waals surface area (Å²) in [6.45, 7) is 9.18. The molecule has 0 aliphatic heterocycles. The average Bonchev–Trinajstić information content (AvgIpc) is 2.59. The molecule has 0 radical (unpaired) electrons. The van der Waals surface area contributed by atoms with E-state index in [0.29, 0.717) is 13.1 Å². The molecule has 0 bridgehead atoms. The molecule has 8 heteroatoms. The fourth-order valence-corrected chi connectivity index (χ4v) is 2.61. The van der Waals surface area contributed by atoms with Crippen molar-refractivity contribution >= 4 is 35.5 Å². The lowest BCUT2D eigenvalue weighted by atomic mass is 9.96. The number of nitrogens with zero attached hydrogens (tertiary/aromatic N) is 3. The normalized spacial score (nSPS) is 12.8. The molecular weight excluding hydrogens is 362 g/mol. The third kappa shape index (κ3) is 9.40. The van der Waals surface area contributed by atoms with E-state index in [9.17, 15) is 0 Å². The Labute approximate surface area is 166 Å². The number of oxime groups is 2. The second kappa shape index (κ2) is 10.9. The Balaban J connectivity index is 2.83. The lowest BCUT2D eigenvalue weighted by Crippen LogP contribution is -2.48. The summed E-state index contributed by atoms with van der Waals surface area (Å²) < 4.78 is 0. The molecule has 0 saturated carbocycles. The monoisotopic (exact) mass is 391 g/mol. The molecule has 0 aliphatic carbocycles. The molecule has 0 aliphatic rings. The van der Waals surface area contributed by atoms with Crippen molar-refractivity contribution < 1.29 is 10.4 Å². The van der Waals surface area contributed by atoms with Crippen LogP contribution in [0.4, 0.5) is 5.69 Å². The Morgan fingerprint density at radius 1 is 1.00 bits per heavy atom. The number of rotatable bonds is 11. The summed E-state index contributed by atoms with van der Waals surface area (Å²) in [7, 11) is 0. The van der Waals surface area contributed by atoms with Crippen molar-refractivity contribution in [3.8, 4) is 0 Å². The number of aliphatic imine (C=N–C) groups is 1. The number of hydrogen-bond donors (Lipinski definition) is 4. The quantitative estimate of drug-likeness (QED) is 0.201.